The lowest BCUT2D eigenvalue weighted by atomic mass is 10.2. The minimum Gasteiger partial charge on any atom is -0.494 e. The molecule has 102 valence electrons. The van der Waals surface area contributed by atoms with Crippen molar-refractivity contribution in [2.45, 2.75) is 37.5 Å². The SMILES string of the molecule is CCCNCCCCCOc1ccc(SC)cc1. The molecule has 0 atom stereocenters. The molecule has 0 fully saturated rings. The van der Waals surface area contributed by atoms with E-state index in [1.54, 1.807) is 11.8 Å². The molecule has 0 saturated heterocycles. The number of benzene rings is 1. The van der Waals surface area contributed by atoms with Crippen LogP contribution in [0.4, 0.5) is 0 Å². The molecule has 0 amide bonds. The molecule has 1 aromatic carbocycles. The van der Waals surface area contributed by atoms with Gasteiger partial charge in [0.2, 0.25) is 0 Å². The molecule has 0 spiro atoms. The van der Waals surface area contributed by atoms with E-state index in [4.69, 9.17) is 4.74 Å². The maximum atomic E-state index is 5.70. The lowest BCUT2D eigenvalue weighted by molar-refractivity contribution is 0.304. The Labute approximate surface area is 116 Å². The van der Waals surface area contributed by atoms with E-state index in [1.807, 2.05) is 0 Å². The average Bonchev–Trinajstić information content (AvgIpc) is 2.42. The van der Waals surface area contributed by atoms with Crippen molar-refractivity contribution in [3.05, 3.63) is 24.3 Å². The standard InChI is InChI=1S/C15H25NOS/c1-3-11-16-12-5-4-6-13-17-14-7-9-15(18-2)10-8-14/h7-10,16H,3-6,11-13H2,1-2H3. The highest BCUT2D eigenvalue weighted by Gasteiger charge is 1.95. The fourth-order valence-electron chi connectivity index (χ4n) is 1.69. The van der Waals surface area contributed by atoms with Crippen LogP contribution in [0, 0.1) is 0 Å². The Bertz CT molecular complexity index is 300. The second-order valence-electron chi connectivity index (χ2n) is 4.33. The van der Waals surface area contributed by atoms with Gasteiger partial charge in [0.15, 0.2) is 0 Å². The van der Waals surface area contributed by atoms with Gasteiger partial charge >= 0.3 is 0 Å². The van der Waals surface area contributed by atoms with E-state index < -0.39 is 0 Å². The van der Waals surface area contributed by atoms with Crippen molar-refractivity contribution in [3.63, 3.8) is 0 Å². The lowest BCUT2D eigenvalue weighted by Gasteiger charge is -2.07. The van der Waals surface area contributed by atoms with Crippen molar-refractivity contribution < 1.29 is 4.74 Å². The molecule has 0 aliphatic heterocycles. The molecule has 0 saturated carbocycles. The summed E-state index contributed by atoms with van der Waals surface area (Å²) in [7, 11) is 0. The number of unbranched alkanes of at least 4 members (excludes halogenated alkanes) is 2. The molecular weight excluding hydrogens is 242 g/mol. The molecular formula is C15H25NOS. The van der Waals surface area contributed by atoms with Gasteiger partial charge in [-0.05, 0) is 69.3 Å². The second-order valence-corrected chi connectivity index (χ2v) is 5.21. The third-order valence-corrected chi connectivity index (χ3v) is 3.50. The van der Waals surface area contributed by atoms with E-state index >= 15 is 0 Å². The molecule has 0 radical (unpaired) electrons. The highest BCUT2D eigenvalue weighted by atomic mass is 32.2. The minimum absolute atomic E-state index is 0.826. The second kappa shape index (κ2) is 10.3. The zero-order valence-electron chi connectivity index (χ0n) is 11.6. The Morgan fingerprint density at radius 2 is 1.83 bits per heavy atom. The van der Waals surface area contributed by atoms with Crippen LogP contribution in [0.1, 0.15) is 32.6 Å². The van der Waals surface area contributed by atoms with E-state index in [9.17, 15) is 0 Å². The van der Waals surface area contributed by atoms with Crippen LogP contribution in [-0.4, -0.2) is 26.0 Å². The Morgan fingerprint density at radius 1 is 1.06 bits per heavy atom. The van der Waals surface area contributed by atoms with Crippen LogP contribution >= 0.6 is 11.8 Å². The van der Waals surface area contributed by atoms with Gasteiger partial charge in [-0.2, -0.15) is 0 Å². The summed E-state index contributed by atoms with van der Waals surface area (Å²) in [6.45, 7) is 5.30. The molecule has 1 N–H and O–H groups in total. The van der Waals surface area contributed by atoms with Gasteiger partial charge in [-0.15, -0.1) is 11.8 Å². The molecule has 0 aliphatic carbocycles. The molecule has 2 nitrogen and oxygen atoms in total. The van der Waals surface area contributed by atoms with Crippen LogP contribution < -0.4 is 10.1 Å². The first kappa shape index (κ1) is 15.4. The predicted octanol–water partition coefficient (Wildman–Crippen LogP) is 3.96. The molecule has 0 aliphatic rings. The number of thioether (sulfide) groups is 1. The highest BCUT2D eigenvalue weighted by Crippen LogP contribution is 2.19. The zero-order valence-corrected chi connectivity index (χ0v) is 12.4. The van der Waals surface area contributed by atoms with Crippen LogP contribution in [-0.2, 0) is 0 Å². The topological polar surface area (TPSA) is 21.3 Å². The van der Waals surface area contributed by atoms with E-state index in [0.717, 1.165) is 31.9 Å². The van der Waals surface area contributed by atoms with E-state index in [0.29, 0.717) is 0 Å². The largest absolute Gasteiger partial charge is 0.494 e. The van der Waals surface area contributed by atoms with Gasteiger partial charge in [0.25, 0.3) is 0 Å². The van der Waals surface area contributed by atoms with Crippen LogP contribution in [0.25, 0.3) is 0 Å². The summed E-state index contributed by atoms with van der Waals surface area (Å²) in [6, 6.07) is 8.31. The number of hydrogen-bond donors (Lipinski definition) is 1. The first-order valence-electron chi connectivity index (χ1n) is 6.84. The molecule has 0 unspecified atom stereocenters. The van der Waals surface area contributed by atoms with Gasteiger partial charge < -0.3 is 10.1 Å². The smallest absolute Gasteiger partial charge is 0.119 e. The Hall–Kier alpha value is -0.670. The summed E-state index contributed by atoms with van der Waals surface area (Å²) in [5.41, 5.74) is 0. The van der Waals surface area contributed by atoms with Gasteiger partial charge in [-0.3, -0.25) is 0 Å². The third-order valence-electron chi connectivity index (χ3n) is 2.75. The Morgan fingerprint density at radius 3 is 2.50 bits per heavy atom. The van der Waals surface area contributed by atoms with Crippen LogP contribution in [0.15, 0.2) is 29.2 Å². The van der Waals surface area contributed by atoms with Crippen molar-refractivity contribution >= 4 is 11.8 Å². The minimum atomic E-state index is 0.826. The predicted molar refractivity (Wildman–Crippen MR) is 80.7 cm³/mol. The van der Waals surface area contributed by atoms with Crippen molar-refractivity contribution in [1.29, 1.82) is 0 Å². The van der Waals surface area contributed by atoms with Crippen LogP contribution in [0.5, 0.6) is 5.75 Å². The van der Waals surface area contributed by atoms with E-state index in [1.165, 1.54) is 24.2 Å². The highest BCUT2D eigenvalue weighted by molar-refractivity contribution is 7.98. The number of ether oxygens (including phenoxy) is 1. The molecule has 0 aromatic heterocycles. The number of hydrogen-bond acceptors (Lipinski definition) is 3. The summed E-state index contributed by atoms with van der Waals surface area (Å²) in [4.78, 5) is 1.28. The summed E-state index contributed by atoms with van der Waals surface area (Å²) in [5.74, 6) is 0.983. The Kier molecular flexibility index (Phi) is 8.78. The molecule has 1 aromatic rings. The molecule has 3 heteroatoms. The van der Waals surface area contributed by atoms with E-state index in [-0.39, 0.29) is 0 Å². The number of rotatable bonds is 10. The fraction of sp³-hybridized carbons (Fsp3) is 0.600. The third kappa shape index (κ3) is 6.92. The van der Waals surface area contributed by atoms with Crippen LogP contribution in [0.3, 0.4) is 0 Å². The van der Waals surface area contributed by atoms with Gasteiger partial charge in [0.1, 0.15) is 5.75 Å². The maximum absolute atomic E-state index is 5.70. The first-order valence-corrected chi connectivity index (χ1v) is 8.07. The van der Waals surface area contributed by atoms with Crippen molar-refractivity contribution in [2.75, 3.05) is 26.0 Å². The van der Waals surface area contributed by atoms with Gasteiger partial charge in [-0.1, -0.05) is 6.92 Å². The van der Waals surface area contributed by atoms with E-state index in [2.05, 4.69) is 42.8 Å². The zero-order chi connectivity index (χ0) is 13.1. The van der Waals surface area contributed by atoms with Crippen molar-refractivity contribution in [3.8, 4) is 5.75 Å². The van der Waals surface area contributed by atoms with Gasteiger partial charge in [0, 0.05) is 4.90 Å². The monoisotopic (exact) mass is 267 g/mol. The normalized spacial score (nSPS) is 10.6. The molecule has 18 heavy (non-hydrogen) atoms. The molecule has 0 heterocycles. The van der Waals surface area contributed by atoms with Crippen molar-refractivity contribution in [2.24, 2.45) is 0 Å². The maximum Gasteiger partial charge on any atom is 0.119 e. The molecule has 1 rings (SSSR count). The average molecular weight is 267 g/mol. The van der Waals surface area contributed by atoms with Crippen molar-refractivity contribution in [1.82, 2.24) is 5.32 Å². The van der Waals surface area contributed by atoms with Crippen LogP contribution in [0.2, 0.25) is 0 Å². The molecule has 0 bridgehead atoms. The lowest BCUT2D eigenvalue weighted by Crippen LogP contribution is -2.15. The number of nitrogens with one attached hydrogen (secondary N) is 1. The summed E-state index contributed by atoms with van der Waals surface area (Å²) in [5, 5.41) is 3.41. The Balaban J connectivity index is 2.00. The van der Waals surface area contributed by atoms with Gasteiger partial charge in [0.05, 0.1) is 6.61 Å². The first-order chi connectivity index (χ1) is 8.86. The summed E-state index contributed by atoms with van der Waals surface area (Å²) >= 11 is 1.76. The van der Waals surface area contributed by atoms with Gasteiger partial charge in [-0.25, -0.2) is 0 Å². The fourth-order valence-corrected chi connectivity index (χ4v) is 2.10. The quantitative estimate of drug-likeness (QED) is 0.512. The summed E-state index contributed by atoms with van der Waals surface area (Å²) in [6.07, 6.45) is 6.92. The summed E-state index contributed by atoms with van der Waals surface area (Å²) < 4.78 is 5.70.